The number of rotatable bonds is 5. The van der Waals surface area contributed by atoms with Crippen molar-refractivity contribution >= 4 is 23.2 Å². The molecular weight excluding hydrogens is 393 g/mol. The third-order valence-electron chi connectivity index (χ3n) is 5.16. The molecule has 0 radical (unpaired) electrons. The highest BCUT2D eigenvalue weighted by atomic mass is 35.5. The molecule has 1 amide bonds. The molecule has 4 rings (SSSR count). The van der Waals surface area contributed by atoms with E-state index in [1.165, 1.54) is 12.1 Å². The molecule has 1 fully saturated rings. The van der Waals surface area contributed by atoms with Crippen LogP contribution in [0.15, 0.2) is 59.3 Å². The van der Waals surface area contributed by atoms with Crippen LogP contribution in [-0.4, -0.2) is 42.1 Å². The SMILES string of the molecule is O=C(CCc1cnoc1-c1ccc(F)cc1)N1CCN(c2cccc(Cl)c2)CC1. The van der Waals surface area contributed by atoms with Crippen LogP contribution >= 0.6 is 11.6 Å². The quantitative estimate of drug-likeness (QED) is 0.621. The van der Waals surface area contributed by atoms with Crippen molar-refractivity contribution < 1.29 is 13.7 Å². The Morgan fingerprint density at radius 3 is 2.59 bits per heavy atom. The molecule has 0 bridgehead atoms. The summed E-state index contributed by atoms with van der Waals surface area (Å²) in [7, 11) is 0. The van der Waals surface area contributed by atoms with Crippen LogP contribution in [0, 0.1) is 5.82 Å². The van der Waals surface area contributed by atoms with Crippen LogP contribution in [0.5, 0.6) is 0 Å². The van der Waals surface area contributed by atoms with Crippen molar-refractivity contribution in [1.82, 2.24) is 10.1 Å². The predicted octanol–water partition coefficient (Wildman–Crippen LogP) is 4.42. The van der Waals surface area contributed by atoms with Crippen molar-refractivity contribution in [2.45, 2.75) is 12.8 Å². The Hall–Kier alpha value is -2.86. The van der Waals surface area contributed by atoms with Crippen LogP contribution in [0.3, 0.4) is 0 Å². The van der Waals surface area contributed by atoms with Crippen LogP contribution in [0.25, 0.3) is 11.3 Å². The summed E-state index contributed by atoms with van der Waals surface area (Å²) in [6.45, 7) is 2.92. The summed E-state index contributed by atoms with van der Waals surface area (Å²) in [6.07, 6.45) is 2.54. The van der Waals surface area contributed by atoms with Gasteiger partial charge >= 0.3 is 0 Å². The van der Waals surface area contributed by atoms with E-state index in [1.54, 1.807) is 18.3 Å². The smallest absolute Gasteiger partial charge is 0.223 e. The molecule has 1 saturated heterocycles. The summed E-state index contributed by atoms with van der Waals surface area (Å²) >= 11 is 6.08. The lowest BCUT2D eigenvalue weighted by Crippen LogP contribution is -2.48. The van der Waals surface area contributed by atoms with Crippen molar-refractivity contribution in [2.24, 2.45) is 0 Å². The summed E-state index contributed by atoms with van der Waals surface area (Å²) in [5.41, 5.74) is 2.68. The average Bonchev–Trinajstić information content (AvgIpc) is 3.21. The first kappa shape index (κ1) is 19.5. The van der Waals surface area contributed by atoms with E-state index in [0.29, 0.717) is 36.7 Å². The molecule has 1 aromatic heterocycles. The lowest BCUT2D eigenvalue weighted by Gasteiger charge is -2.36. The fourth-order valence-electron chi connectivity index (χ4n) is 3.56. The van der Waals surface area contributed by atoms with Crippen molar-refractivity contribution in [2.75, 3.05) is 31.1 Å². The summed E-state index contributed by atoms with van der Waals surface area (Å²) in [4.78, 5) is 16.8. The Morgan fingerprint density at radius 1 is 1.10 bits per heavy atom. The first-order valence-corrected chi connectivity index (χ1v) is 9.96. The van der Waals surface area contributed by atoms with Gasteiger partial charge in [0, 0.05) is 54.4 Å². The molecule has 7 heteroatoms. The number of amides is 1. The van der Waals surface area contributed by atoms with Crippen LogP contribution in [0.4, 0.5) is 10.1 Å². The Balaban J connectivity index is 1.32. The molecule has 0 unspecified atom stereocenters. The number of halogens is 2. The maximum absolute atomic E-state index is 13.1. The molecule has 2 heterocycles. The van der Waals surface area contributed by atoms with E-state index in [-0.39, 0.29) is 11.7 Å². The predicted molar refractivity (Wildman–Crippen MR) is 110 cm³/mol. The highest BCUT2D eigenvalue weighted by Crippen LogP contribution is 2.25. The minimum Gasteiger partial charge on any atom is -0.368 e. The molecule has 0 aliphatic carbocycles. The van der Waals surface area contributed by atoms with Gasteiger partial charge in [-0.3, -0.25) is 4.79 Å². The van der Waals surface area contributed by atoms with E-state index in [0.717, 1.165) is 29.9 Å². The molecule has 0 saturated carbocycles. The third-order valence-corrected chi connectivity index (χ3v) is 5.40. The Morgan fingerprint density at radius 2 is 1.86 bits per heavy atom. The van der Waals surface area contributed by atoms with Gasteiger partial charge in [-0.2, -0.15) is 0 Å². The van der Waals surface area contributed by atoms with Gasteiger partial charge in [-0.1, -0.05) is 22.8 Å². The zero-order chi connectivity index (χ0) is 20.2. The second-order valence-corrected chi connectivity index (χ2v) is 7.47. The molecule has 1 aliphatic heterocycles. The van der Waals surface area contributed by atoms with Gasteiger partial charge in [-0.25, -0.2) is 4.39 Å². The van der Waals surface area contributed by atoms with E-state index in [9.17, 15) is 9.18 Å². The number of piperazine rings is 1. The van der Waals surface area contributed by atoms with Crippen LogP contribution in [0.2, 0.25) is 5.02 Å². The van der Waals surface area contributed by atoms with Gasteiger partial charge in [-0.05, 0) is 48.9 Å². The molecular formula is C22H21ClFN3O2. The number of carbonyl (C=O) groups excluding carboxylic acids is 1. The zero-order valence-corrected chi connectivity index (χ0v) is 16.6. The van der Waals surface area contributed by atoms with Crippen LogP contribution in [-0.2, 0) is 11.2 Å². The molecule has 0 atom stereocenters. The fraction of sp³-hybridized carbons (Fsp3) is 0.273. The summed E-state index contributed by atoms with van der Waals surface area (Å²) in [5, 5.41) is 4.57. The summed E-state index contributed by atoms with van der Waals surface area (Å²) < 4.78 is 18.5. The van der Waals surface area contributed by atoms with Crippen molar-refractivity contribution in [3.63, 3.8) is 0 Å². The standard InChI is InChI=1S/C22H21ClFN3O2/c23-18-2-1-3-20(14-18)26-10-12-27(13-11-26)21(28)9-6-17-15-25-29-22(17)16-4-7-19(24)8-5-16/h1-5,7-8,14-15H,6,9-13H2. The average molecular weight is 414 g/mol. The van der Waals surface area contributed by atoms with Crippen molar-refractivity contribution in [3.8, 4) is 11.3 Å². The van der Waals surface area contributed by atoms with Crippen LogP contribution in [0.1, 0.15) is 12.0 Å². The highest BCUT2D eigenvalue weighted by molar-refractivity contribution is 6.30. The third kappa shape index (κ3) is 4.59. The molecule has 0 spiro atoms. The van der Waals surface area contributed by atoms with Gasteiger partial charge in [-0.15, -0.1) is 0 Å². The minimum atomic E-state index is -0.304. The Kier molecular flexibility index (Phi) is 5.81. The lowest BCUT2D eigenvalue weighted by molar-refractivity contribution is -0.131. The largest absolute Gasteiger partial charge is 0.368 e. The van der Waals surface area contributed by atoms with Gasteiger partial charge in [0.05, 0.1) is 6.20 Å². The van der Waals surface area contributed by atoms with Gasteiger partial charge < -0.3 is 14.3 Å². The number of hydrogen-bond acceptors (Lipinski definition) is 4. The fourth-order valence-corrected chi connectivity index (χ4v) is 3.75. The van der Waals surface area contributed by atoms with Gasteiger partial charge in [0.15, 0.2) is 5.76 Å². The van der Waals surface area contributed by atoms with Crippen molar-refractivity contribution in [1.29, 1.82) is 0 Å². The number of nitrogens with zero attached hydrogens (tertiary/aromatic N) is 3. The summed E-state index contributed by atoms with van der Waals surface area (Å²) in [6, 6.07) is 13.8. The molecule has 29 heavy (non-hydrogen) atoms. The summed E-state index contributed by atoms with van der Waals surface area (Å²) in [5.74, 6) is 0.396. The number of benzene rings is 2. The Bertz CT molecular complexity index is 982. The molecule has 0 N–H and O–H groups in total. The molecule has 2 aromatic carbocycles. The topological polar surface area (TPSA) is 49.6 Å². The van der Waals surface area contributed by atoms with E-state index in [4.69, 9.17) is 16.1 Å². The monoisotopic (exact) mass is 413 g/mol. The van der Waals surface area contributed by atoms with Gasteiger partial charge in [0.25, 0.3) is 0 Å². The first-order valence-electron chi connectivity index (χ1n) is 9.58. The highest BCUT2D eigenvalue weighted by Gasteiger charge is 2.22. The minimum absolute atomic E-state index is 0.113. The van der Waals surface area contributed by atoms with E-state index in [2.05, 4.69) is 10.1 Å². The lowest BCUT2D eigenvalue weighted by atomic mass is 10.0. The number of hydrogen-bond donors (Lipinski definition) is 0. The number of carbonyl (C=O) groups is 1. The van der Waals surface area contributed by atoms with Crippen LogP contribution < -0.4 is 4.90 Å². The second kappa shape index (κ2) is 8.66. The molecule has 3 aromatic rings. The maximum Gasteiger partial charge on any atom is 0.223 e. The van der Waals surface area contributed by atoms with E-state index < -0.39 is 0 Å². The first-order chi connectivity index (χ1) is 14.1. The van der Waals surface area contributed by atoms with Gasteiger partial charge in [0.1, 0.15) is 5.82 Å². The number of anilines is 1. The zero-order valence-electron chi connectivity index (χ0n) is 15.9. The maximum atomic E-state index is 13.1. The van der Waals surface area contributed by atoms with Gasteiger partial charge in [0.2, 0.25) is 5.91 Å². The molecule has 1 aliphatic rings. The van der Waals surface area contributed by atoms with E-state index >= 15 is 0 Å². The molecule has 5 nitrogen and oxygen atoms in total. The second-order valence-electron chi connectivity index (χ2n) is 7.03. The van der Waals surface area contributed by atoms with E-state index in [1.807, 2.05) is 29.2 Å². The molecule has 150 valence electrons. The number of aryl methyl sites for hydroxylation is 1. The Labute approximate surface area is 173 Å². The number of aromatic nitrogens is 1. The normalized spacial score (nSPS) is 14.3. The van der Waals surface area contributed by atoms with Crippen molar-refractivity contribution in [3.05, 3.63) is 71.1 Å².